The quantitative estimate of drug-likeness (QED) is 0.854. The molecule has 0 bridgehead atoms. The Morgan fingerprint density at radius 2 is 2.32 bits per heavy atom. The molecule has 1 N–H and O–H groups in total. The van der Waals surface area contributed by atoms with Gasteiger partial charge in [-0.1, -0.05) is 6.92 Å². The summed E-state index contributed by atoms with van der Waals surface area (Å²) in [4.78, 5) is 22.4. The average molecular weight is 299 g/mol. The van der Waals surface area contributed by atoms with Crippen molar-refractivity contribution in [1.29, 1.82) is 0 Å². The second kappa shape index (κ2) is 6.07. The molecular weight excluding hydrogens is 289 g/mol. The summed E-state index contributed by atoms with van der Waals surface area (Å²) >= 11 is 2.35. The molecule has 0 aromatic carbocycles. The predicted molar refractivity (Wildman–Crippen MR) is 68.9 cm³/mol. The van der Waals surface area contributed by atoms with Gasteiger partial charge in [0.2, 0.25) is 0 Å². The maximum absolute atomic E-state index is 13.9. The van der Waals surface area contributed by atoms with E-state index in [1.165, 1.54) is 17.7 Å². The molecule has 0 saturated carbocycles. The number of hydrogen-bond donors (Lipinski definition) is 1. The lowest BCUT2D eigenvalue weighted by Crippen LogP contribution is -2.00. The maximum atomic E-state index is 13.9. The minimum atomic E-state index is -0.941. The van der Waals surface area contributed by atoms with Crippen molar-refractivity contribution in [3.8, 4) is 0 Å². The lowest BCUT2D eigenvalue weighted by Gasteiger charge is -2.02. The molecule has 19 heavy (non-hydrogen) atoms. The van der Waals surface area contributed by atoms with Crippen molar-refractivity contribution in [1.82, 2.24) is 15.0 Å². The topological polar surface area (TPSA) is 76.0 Å². The van der Waals surface area contributed by atoms with Crippen LogP contribution in [0.2, 0.25) is 0 Å². The van der Waals surface area contributed by atoms with E-state index in [-0.39, 0.29) is 11.4 Å². The van der Waals surface area contributed by atoms with E-state index in [2.05, 4.69) is 15.0 Å². The van der Waals surface area contributed by atoms with Crippen molar-refractivity contribution in [3.63, 3.8) is 0 Å². The Morgan fingerprint density at radius 3 is 3.00 bits per heavy atom. The fourth-order valence-electron chi connectivity index (χ4n) is 1.36. The predicted octanol–water partition coefficient (Wildman–Crippen LogP) is 2.41. The van der Waals surface area contributed by atoms with E-state index in [1.54, 1.807) is 5.38 Å². The van der Waals surface area contributed by atoms with Crippen molar-refractivity contribution in [2.45, 2.75) is 29.1 Å². The second-order valence-electron chi connectivity index (χ2n) is 3.57. The number of carbonyl (C=O) groups is 1. The normalized spacial score (nSPS) is 10.6. The van der Waals surface area contributed by atoms with Gasteiger partial charge in [-0.15, -0.1) is 11.3 Å². The van der Waals surface area contributed by atoms with Crippen LogP contribution in [0.5, 0.6) is 0 Å². The largest absolute Gasteiger partial charge is 0.481 e. The van der Waals surface area contributed by atoms with E-state index in [0.717, 1.165) is 11.8 Å². The van der Waals surface area contributed by atoms with E-state index in [4.69, 9.17) is 5.11 Å². The van der Waals surface area contributed by atoms with Crippen LogP contribution in [0.25, 0.3) is 0 Å². The van der Waals surface area contributed by atoms with Crippen molar-refractivity contribution >= 4 is 29.1 Å². The molecule has 0 aliphatic heterocycles. The van der Waals surface area contributed by atoms with Crippen LogP contribution < -0.4 is 0 Å². The number of thiazole rings is 1. The summed E-state index contributed by atoms with van der Waals surface area (Å²) in [7, 11) is 0. The zero-order chi connectivity index (χ0) is 13.8. The number of aryl methyl sites for hydroxylation is 1. The lowest BCUT2D eigenvalue weighted by atomic mass is 10.3. The zero-order valence-corrected chi connectivity index (χ0v) is 11.6. The van der Waals surface area contributed by atoms with Gasteiger partial charge in [0.1, 0.15) is 11.4 Å². The third-order valence-corrected chi connectivity index (χ3v) is 4.18. The Bertz CT molecular complexity index is 603. The summed E-state index contributed by atoms with van der Waals surface area (Å²) in [5.74, 6) is -1.38. The van der Waals surface area contributed by atoms with Crippen molar-refractivity contribution < 1.29 is 14.3 Å². The number of hydrogen-bond acceptors (Lipinski definition) is 6. The van der Waals surface area contributed by atoms with Gasteiger partial charge in [0, 0.05) is 5.38 Å². The summed E-state index contributed by atoms with van der Waals surface area (Å²) in [6, 6.07) is 0. The Labute approximate surface area is 116 Å². The summed E-state index contributed by atoms with van der Waals surface area (Å²) in [6.07, 6.45) is 1.67. The standard InChI is InChI=1S/C11H10FN3O2S2/c1-2-7-9(12)10(14-5-13-7)19-11-15-6(4-18-11)3-8(16)17/h4-5H,2-3H2,1H3,(H,16,17). The van der Waals surface area contributed by atoms with Gasteiger partial charge in [0.05, 0.1) is 17.8 Å². The molecule has 8 heteroatoms. The Balaban J connectivity index is 2.17. The molecular formula is C11H10FN3O2S2. The lowest BCUT2D eigenvalue weighted by molar-refractivity contribution is -0.136. The minimum Gasteiger partial charge on any atom is -0.481 e. The molecule has 0 aliphatic carbocycles. The highest BCUT2D eigenvalue weighted by molar-refractivity contribution is 8.01. The van der Waals surface area contributed by atoms with Crippen LogP contribution in [0.3, 0.4) is 0 Å². The molecule has 0 spiro atoms. The first-order valence-electron chi connectivity index (χ1n) is 5.43. The van der Waals surface area contributed by atoms with Gasteiger partial charge in [-0.3, -0.25) is 4.79 Å². The number of halogens is 1. The van der Waals surface area contributed by atoms with Crippen LogP contribution in [-0.2, 0) is 17.6 Å². The molecule has 0 unspecified atom stereocenters. The monoisotopic (exact) mass is 299 g/mol. The molecule has 100 valence electrons. The van der Waals surface area contributed by atoms with Crippen molar-refractivity contribution in [2.24, 2.45) is 0 Å². The molecule has 2 heterocycles. The highest BCUT2D eigenvalue weighted by Gasteiger charge is 2.14. The number of carboxylic acids is 1. The van der Waals surface area contributed by atoms with Gasteiger partial charge < -0.3 is 5.11 Å². The Hall–Kier alpha value is -1.54. The first-order valence-corrected chi connectivity index (χ1v) is 7.13. The number of rotatable bonds is 5. The van der Waals surface area contributed by atoms with E-state index in [1.807, 2.05) is 6.92 Å². The summed E-state index contributed by atoms with van der Waals surface area (Å²) in [6.45, 7) is 1.81. The Morgan fingerprint density at radius 1 is 1.53 bits per heavy atom. The van der Waals surface area contributed by atoms with Crippen LogP contribution >= 0.6 is 23.1 Å². The highest BCUT2D eigenvalue weighted by atomic mass is 32.2. The first kappa shape index (κ1) is 13.9. The SMILES string of the molecule is CCc1ncnc(Sc2nc(CC(=O)O)cs2)c1F. The molecule has 0 amide bonds. The van der Waals surface area contributed by atoms with E-state index in [0.29, 0.717) is 22.1 Å². The summed E-state index contributed by atoms with van der Waals surface area (Å²) in [5.41, 5.74) is 0.824. The van der Waals surface area contributed by atoms with Gasteiger partial charge in [0.25, 0.3) is 0 Å². The smallest absolute Gasteiger partial charge is 0.309 e. The maximum Gasteiger partial charge on any atom is 0.309 e. The zero-order valence-electron chi connectivity index (χ0n) is 9.96. The third kappa shape index (κ3) is 3.48. The molecule has 2 aromatic rings. The van der Waals surface area contributed by atoms with Crippen molar-refractivity contribution in [3.05, 3.63) is 28.9 Å². The highest BCUT2D eigenvalue weighted by Crippen LogP contribution is 2.31. The molecule has 0 aliphatic rings. The molecule has 2 rings (SSSR count). The number of carboxylic acid groups (broad SMARTS) is 1. The van der Waals surface area contributed by atoms with Crippen molar-refractivity contribution in [2.75, 3.05) is 0 Å². The first-order chi connectivity index (χ1) is 9.10. The number of aromatic nitrogens is 3. The summed E-state index contributed by atoms with van der Waals surface area (Å²) < 4.78 is 14.5. The van der Waals surface area contributed by atoms with Crippen LogP contribution in [0.4, 0.5) is 4.39 Å². The average Bonchev–Trinajstić information content (AvgIpc) is 2.78. The fourth-order valence-corrected chi connectivity index (χ4v) is 3.11. The van der Waals surface area contributed by atoms with Gasteiger partial charge in [-0.05, 0) is 18.2 Å². The molecule has 5 nitrogen and oxygen atoms in total. The minimum absolute atomic E-state index is 0.135. The molecule has 0 atom stereocenters. The molecule has 2 aromatic heterocycles. The van der Waals surface area contributed by atoms with Crippen LogP contribution in [0.1, 0.15) is 18.3 Å². The third-order valence-electron chi connectivity index (χ3n) is 2.21. The van der Waals surface area contributed by atoms with E-state index >= 15 is 0 Å². The molecule has 0 fully saturated rings. The van der Waals surface area contributed by atoms with Gasteiger partial charge >= 0.3 is 5.97 Å². The molecule has 0 saturated heterocycles. The number of nitrogens with zero attached hydrogens (tertiary/aromatic N) is 3. The van der Waals surface area contributed by atoms with Gasteiger partial charge in [0.15, 0.2) is 10.2 Å². The van der Waals surface area contributed by atoms with Gasteiger partial charge in [-0.25, -0.2) is 19.3 Å². The molecule has 0 radical (unpaired) electrons. The van der Waals surface area contributed by atoms with E-state index in [9.17, 15) is 9.18 Å². The van der Waals surface area contributed by atoms with Crippen LogP contribution in [0, 0.1) is 5.82 Å². The fraction of sp³-hybridized carbons (Fsp3) is 0.273. The van der Waals surface area contributed by atoms with Gasteiger partial charge in [-0.2, -0.15) is 0 Å². The summed E-state index contributed by atoms with van der Waals surface area (Å²) in [5, 5.41) is 10.5. The second-order valence-corrected chi connectivity index (χ2v) is 5.66. The van der Waals surface area contributed by atoms with E-state index < -0.39 is 11.8 Å². The number of aliphatic carboxylic acids is 1. The van der Waals surface area contributed by atoms with Crippen LogP contribution in [-0.4, -0.2) is 26.0 Å². The Kier molecular flexibility index (Phi) is 4.43. The van der Waals surface area contributed by atoms with Crippen LogP contribution in [0.15, 0.2) is 21.1 Å².